The van der Waals surface area contributed by atoms with Crippen LogP contribution in [-0.4, -0.2) is 42.6 Å². The van der Waals surface area contributed by atoms with Crippen molar-refractivity contribution in [2.24, 2.45) is 5.92 Å². The van der Waals surface area contributed by atoms with Gasteiger partial charge < -0.3 is 19.2 Å². The van der Waals surface area contributed by atoms with Crippen molar-refractivity contribution in [1.29, 1.82) is 0 Å². The van der Waals surface area contributed by atoms with Crippen LogP contribution in [0.2, 0.25) is 5.82 Å². The van der Waals surface area contributed by atoms with Gasteiger partial charge in [0.25, 0.3) is 0 Å². The lowest BCUT2D eigenvalue weighted by atomic mass is 9.64. The van der Waals surface area contributed by atoms with Crippen LogP contribution in [0.4, 0.5) is 8.78 Å². The zero-order valence-electron chi connectivity index (χ0n) is 16.4. The minimum absolute atomic E-state index is 0.00851. The lowest BCUT2D eigenvalue weighted by Crippen LogP contribution is -2.38. The minimum Gasteiger partial charge on any atom is -0.535 e. The molecule has 7 nitrogen and oxygen atoms in total. The second kappa shape index (κ2) is 9.34. The summed E-state index contributed by atoms with van der Waals surface area (Å²) in [4.78, 5) is 35.5. The molecule has 0 fully saturated rings. The third-order valence-corrected chi connectivity index (χ3v) is 4.60. The van der Waals surface area contributed by atoms with Crippen molar-refractivity contribution in [2.75, 3.05) is 6.79 Å². The topological polar surface area (TPSA) is 99.1 Å². The number of hydrogen-bond donors (Lipinski definition) is 1. The molecule has 1 aliphatic rings. The molecule has 2 rings (SSSR count). The summed E-state index contributed by atoms with van der Waals surface area (Å²) in [6.45, 7) is 3.89. The Morgan fingerprint density at radius 1 is 1.31 bits per heavy atom. The van der Waals surface area contributed by atoms with Gasteiger partial charge in [0.05, 0.1) is 5.92 Å². The lowest BCUT2D eigenvalue weighted by molar-refractivity contribution is -0.155. The number of alkyl halides is 2. The Morgan fingerprint density at radius 2 is 2.00 bits per heavy atom. The van der Waals surface area contributed by atoms with Crippen LogP contribution in [0.1, 0.15) is 49.5 Å². The van der Waals surface area contributed by atoms with Crippen LogP contribution in [0, 0.1) is 5.92 Å². The molecule has 1 atom stereocenters. The fourth-order valence-electron chi connectivity index (χ4n) is 2.79. The van der Waals surface area contributed by atoms with E-state index < -0.39 is 56.2 Å². The molecule has 1 aromatic carbocycles. The van der Waals surface area contributed by atoms with E-state index in [-0.39, 0.29) is 23.7 Å². The van der Waals surface area contributed by atoms with Crippen molar-refractivity contribution in [3.05, 3.63) is 29.3 Å². The molecule has 10 heteroatoms. The summed E-state index contributed by atoms with van der Waals surface area (Å²) in [6.07, 6.45) is -1.10. The SMILES string of the molecule is CCC(F)(F)C(=O)C[C@H]1Cc2cccc(C(=O)OCOC(=O)C(C)C)c2OB1O. The van der Waals surface area contributed by atoms with Gasteiger partial charge >= 0.3 is 25.0 Å². The maximum absolute atomic E-state index is 13.6. The molecule has 0 amide bonds. The third-order valence-electron chi connectivity index (χ3n) is 4.60. The van der Waals surface area contributed by atoms with Crippen molar-refractivity contribution >= 4 is 24.8 Å². The van der Waals surface area contributed by atoms with E-state index in [1.54, 1.807) is 19.9 Å². The van der Waals surface area contributed by atoms with Gasteiger partial charge in [-0.3, -0.25) is 9.59 Å². The Morgan fingerprint density at radius 3 is 2.62 bits per heavy atom. The van der Waals surface area contributed by atoms with Crippen LogP contribution in [0.15, 0.2) is 18.2 Å². The van der Waals surface area contributed by atoms with Crippen LogP contribution in [0.25, 0.3) is 0 Å². The van der Waals surface area contributed by atoms with Gasteiger partial charge in [0, 0.05) is 18.7 Å². The summed E-state index contributed by atoms with van der Waals surface area (Å²) >= 11 is 0. The Labute approximate surface area is 167 Å². The smallest absolute Gasteiger partial charge is 0.526 e. The molecule has 0 radical (unpaired) electrons. The van der Waals surface area contributed by atoms with Gasteiger partial charge in [0.2, 0.25) is 12.6 Å². The highest BCUT2D eigenvalue weighted by atomic mass is 19.3. The number of carbonyl (C=O) groups excluding carboxylic acids is 3. The number of rotatable bonds is 8. The van der Waals surface area contributed by atoms with Gasteiger partial charge in [0.15, 0.2) is 0 Å². The summed E-state index contributed by atoms with van der Waals surface area (Å²) in [7, 11) is -1.54. The number of fused-ring (bicyclic) bond motifs is 1. The highest BCUT2D eigenvalue weighted by Crippen LogP contribution is 2.38. The van der Waals surface area contributed by atoms with Crippen LogP contribution in [-0.2, 0) is 25.5 Å². The molecule has 29 heavy (non-hydrogen) atoms. The van der Waals surface area contributed by atoms with Crippen LogP contribution in [0.5, 0.6) is 5.75 Å². The monoisotopic (exact) mass is 412 g/mol. The molecule has 0 spiro atoms. The van der Waals surface area contributed by atoms with E-state index in [4.69, 9.17) is 14.1 Å². The molecule has 1 heterocycles. The summed E-state index contributed by atoms with van der Waals surface area (Å²) < 4.78 is 42.1. The Hall–Kier alpha value is -2.49. The van der Waals surface area contributed by atoms with Crippen molar-refractivity contribution in [2.45, 2.75) is 51.8 Å². The number of Topliss-reactive ketones (excluding diaryl/α,β-unsaturated/α-hetero) is 1. The van der Waals surface area contributed by atoms with Crippen molar-refractivity contribution in [3.8, 4) is 5.75 Å². The third kappa shape index (κ3) is 5.53. The lowest BCUT2D eigenvalue weighted by Gasteiger charge is -2.29. The number of ketones is 1. The van der Waals surface area contributed by atoms with Gasteiger partial charge in [0.1, 0.15) is 11.3 Å². The van der Waals surface area contributed by atoms with E-state index >= 15 is 0 Å². The molecule has 0 unspecified atom stereocenters. The predicted molar refractivity (Wildman–Crippen MR) is 98.6 cm³/mol. The van der Waals surface area contributed by atoms with Crippen LogP contribution < -0.4 is 4.65 Å². The summed E-state index contributed by atoms with van der Waals surface area (Å²) in [5, 5.41) is 10.2. The first-order chi connectivity index (χ1) is 13.6. The largest absolute Gasteiger partial charge is 0.535 e. The molecule has 158 valence electrons. The van der Waals surface area contributed by atoms with E-state index in [1.807, 2.05) is 0 Å². The van der Waals surface area contributed by atoms with Crippen molar-refractivity contribution in [1.82, 2.24) is 0 Å². The zero-order chi connectivity index (χ0) is 21.8. The number of ether oxygens (including phenoxy) is 2. The van der Waals surface area contributed by atoms with Crippen LogP contribution in [0.3, 0.4) is 0 Å². The first kappa shape index (κ1) is 22.8. The van der Waals surface area contributed by atoms with E-state index in [0.717, 1.165) is 0 Å². The second-order valence-electron chi connectivity index (χ2n) is 7.12. The molecule has 1 N–H and O–H groups in total. The highest BCUT2D eigenvalue weighted by Gasteiger charge is 2.43. The number of para-hydroxylation sites is 1. The number of esters is 2. The van der Waals surface area contributed by atoms with Gasteiger partial charge in [-0.05, 0) is 18.1 Å². The molecule has 1 aromatic rings. The number of halogens is 2. The molecule has 0 saturated carbocycles. The van der Waals surface area contributed by atoms with Crippen molar-refractivity contribution < 1.29 is 42.3 Å². The zero-order valence-corrected chi connectivity index (χ0v) is 16.4. The van der Waals surface area contributed by atoms with Gasteiger partial charge in [-0.25, -0.2) is 4.79 Å². The van der Waals surface area contributed by atoms with Gasteiger partial charge in [-0.2, -0.15) is 8.78 Å². The van der Waals surface area contributed by atoms with E-state index in [9.17, 15) is 28.2 Å². The van der Waals surface area contributed by atoms with Gasteiger partial charge in [-0.15, -0.1) is 0 Å². The first-order valence-corrected chi connectivity index (χ1v) is 9.28. The number of benzene rings is 1. The van der Waals surface area contributed by atoms with Gasteiger partial charge in [-0.1, -0.05) is 32.9 Å². The Balaban J connectivity index is 2.08. The minimum atomic E-state index is -3.46. The molecule has 0 aromatic heterocycles. The Bertz CT molecular complexity index is 782. The number of hydrogen-bond acceptors (Lipinski definition) is 7. The standard InChI is InChI=1S/C19H23BF2O7/c1-4-19(21,22)15(23)9-13-8-12-6-5-7-14(16(12)29-20(13)26)18(25)28-10-27-17(24)11(2)3/h5-7,11,13,26H,4,8-10H2,1-3H3/t13-/m1/s1. The van der Waals surface area contributed by atoms with E-state index in [2.05, 4.69) is 0 Å². The molecule has 0 aliphatic carbocycles. The summed E-state index contributed by atoms with van der Waals surface area (Å²) in [6, 6.07) is 4.54. The van der Waals surface area contributed by atoms with E-state index in [0.29, 0.717) is 5.56 Å². The fraction of sp³-hybridized carbons (Fsp3) is 0.526. The molecular weight excluding hydrogens is 389 g/mol. The Kier molecular flexibility index (Phi) is 7.34. The maximum Gasteiger partial charge on any atom is 0.526 e. The average molecular weight is 412 g/mol. The van der Waals surface area contributed by atoms with E-state index in [1.165, 1.54) is 19.1 Å². The molecule has 1 aliphatic heterocycles. The summed E-state index contributed by atoms with van der Waals surface area (Å²) in [5.41, 5.74) is 0.465. The van der Waals surface area contributed by atoms with Crippen molar-refractivity contribution in [3.63, 3.8) is 0 Å². The number of carbonyl (C=O) groups is 3. The molecule has 0 saturated heterocycles. The first-order valence-electron chi connectivity index (χ1n) is 9.28. The predicted octanol–water partition coefficient (Wildman–Crippen LogP) is 2.79. The quantitative estimate of drug-likeness (QED) is 0.398. The normalized spacial score (nSPS) is 16.1. The van der Waals surface area contributed by atoms with Crippen LogP contribution >= 0.6 is 0 Å². The molecule has 0 bridgehead atoms. The molecular formula is C19H23BF2O7. The maximum atomic E-state index is 13.6. The average Bonchev–Trinajstić information content (AvgIpc) is 2.67. The second-order valence-corrected chi connectivity index (χ2v) is 7.12. The summed E-state index contributed by atoms with van der Waals surface area (Å²) in [5.74, 6) is -7.29. The highest BCUT2D eigenvalue weighted by molar-refractivity contribution is 6.47. The fourth-order valence-corrected chi connectivity index (χ4v) is 2.79.